The van der Waals surface area contributed by atoms with E-state index in [-0.39, 0.29) is 11.9 Å². The van der Waals surface area contributed by atoms with Gasteiger partial charge in [0.25, 0.3) is 5.91 Å². The molecule has 4 nitrogen and oxygen atoms in total. The van der Waals surface area contributed by atoms with Crippen molar-refractivity contribution in [3.63, 3.8) is 0 Å². The van der Waals surface area contributed by atoms with Crippen LogP contribution < -0.4 is 5.32 Å². The fourth-order valence-corrected chi connectivity index (χ4v) is 2.81. The summed E-state index contributed by atoms with van der Waals surface area (Å²) in [5.41, 5.74) is 3.65. The lowest BCUT2D eigenvalue weighted by Gasteiger charge is -2.14. The number of aromatic nitrogens is 2. The topological polar surface area (TPSA) is 46.9 Å². The molecule has 118 valence electrons. The molecule has 23 heavy (non-hydrogen) atoms. The molecule has 4 heteroatoms. The molecule has 1 aromatic heterocycles. The molecule has 0 aliphatic carbocycles. The van der Waals surface area contributed by atoms with Gasteiger partial charge < -0.3 is 9.88 Å². The maximum atomic E-state index is 12.5. The number of rotatable bonds is 4. The molecule has 0 fully saturated rings. The summed E-state index contributed by atoms with van der Waals surface area (Å²) in [4.78, 5) is 17.1. The van der Waals surface area contributed by atoms with Gasteiger partial charge in [0.05, 0.1) is 17.1 Å². The molecule has 3 aromatic rings. The molecule has 1 N–H and O–H groups in total. The summed E-state index contributed by atoms with van der Waals surface area (Å²) in [5.74, 6) is 0.946. The van der Waals surface area contributed by atoms with Crippen LogP contribution in [0.5, 0.6) is 0 Å². The third-order valence-corrected chi connectivity index (χ3v) is 4.20. The van der Waals surface area contributed by atoms with Crippen LogP contribution in [0.1, 0.15) is 41.6 Å². The molecule has 0 radical (unpaired) electrons. The lowest BCUT2D eigenvalue weighted by Crippen LogP contribution is -2.26. The molecule has 0 bridgehead atoms. The molecule has 1 atom stereocenters. The van der Waals surface area contributed by atoms with Crippen molar-refractivity contribution < 1.29 is 4.79 Å². The van der Waals surface area contributed by atoms with E-state index in [0.717, 1.165) is 28.8 Å². The Morgan fingerprint density at radius 1 is 1.22 bits per heavy atom. The van der Waals surface area contributed by atoms with E-state index in [9.17, 15) is 4.79 Å². The van der Waals surface area contributed by atoms with Gasteiger partial charge in [-0.15, -0.1) is 0 Å². The van der Waals surface area contributed by atoms with Gasteiger partial charge in [0.2, 0.25) is 0 Å². The molecule has 0 saturated carbocycles. The van der Waals surface area contributed by atoms with Gasteiger partial charge in [-0.3, -0.25) is 4.79 Å². The summed E-state index contributed by atoms with van der Waals surface area (Å²) in [6.07, 6.45) is 0.873. The maximum Gasteiger partial charge on any atom is 0.251 e. The van der Waals surface area contributed by atoms with E-state index in [1.54, 1.807) is 0 Å². The number of amides is 1. The van der Waals surface area contributed by atoms with Crippen molar-refractivity contribution in [2.45, 2.75) is 26.3 Å². The Morgan fingerprint density at radius 3 is 2.65 bits per heavy atom. The maximum absolute atomic E-state index is 12.5. The van der Waals surface area contributed by atoms with E-state index in [1.807, 2.05) is 62.5 Å². The van der Waals surface area contributed by atoms with Crippen LogP contribution in [0.2, 0.25) is 0 Å². The van der Waals surface area contributed by atoms with Crippen LogP contribution in [0.3, 0.4) is 0 Å². The summed E-state index contributed by atoms with van der Waals surface area (Å²) < 4.78 is 2.07. The molecule has 1 amide bonds. The highest BCUT2D eigenvalue weighted by Gasteiger charge is 2.13. The molecule has 2 aromatic carbocycles. The Morgan fingerprint density at radius 2 is 1.96 bits per heavy atom. The minimum absolute atomic E-state index is 0.0330. The Bertz CT molecular complexity index is 836. The summed E-state index contributed by atoms with van der Waals surface area (Å²) in [6.45, 7) is 4.07. The Labute approximate surface area is 136 Å². The van der Waals surface area contributed by atoms with Gasteiger partial charge in [-0.05, 0) is 30.7 Å². The second-order valence-electron chi connectivity index (χ2n) is 5.75. The molecule has 3 rings (SSSR count). The molecule has 0 aliphatic heterocycles. The number of carbonyl (C=O) groups excluding carboxylic acids is 1. The summed E-state index contributed by atoms with van der Waals surface area (Å²) >= 11 is 0. The Kier molecular flexibility index (Phi) is 4.15. The molecule has 0 saturated heterocycles. The molecule has 1 heterocycles. The van der Waals surface area contributed by atoms with E-state index in [4.69, 9.17) is 0 Å². The highest BCUT2D eigenvalue weighted by atomic mass is 16.1. The van der Waals surface area contributed by atoms with Gasteiger partial charge in [-0.25, -0.2) is 4.98 Å². The molecule has 0 aliphatic rings. The third-order valence-electron chi connectivity index (χ3n) is 4.20. The molecular formula is C19H21N3O. The predicted molar refractivity (Wildman–Crippen MR) is 92.4 cm³/mol. The normalized spacial score (nSPS) is 12.3. The van der Waals surface area contributed by atoms with E-state index >= 15 is 0 Å². The number of imidazole rings is 1. The summed E-state index contributed by atoms with van der Waals surface area (Å²) in [5, 5.41) is 3.04. The van der Waals surface area contributed by atoms with Crippen LogP contribution in [-0.2, 0) is 13.5 Å². The number of hydrogen-bond donors (Lipinski definition) is 1. The van der Waals surface area contributed by atoms with Crippen molar-refractivity contribution in [2.75, 3.05) is 0 Å². The van der Waals surface area contributed by atoms with E-state index < -0.39 is 0 Å². The van der Waals surface area contributed by atoms with Gasteiger partial charge in [0.15, 0.2) is 0 Å². The Hall–Kier alpha value is -2.62. The number of aryl methyl sites for hydroxylation is 2. The van der Waals surface area contributed by atoms with Gasteiger partial charge in [-0.2, -0.15) is 0 Å². The van der Waals surface area contributed by atoms with Crippen molar-refractivity contribution in [3.05, 3.63) is 65.5 Å². The first-order valence-electron chi connectivity index (χ1n) is 7.91. The number of carbonyl (C=O) groups is 1. The Balaban J connectivity index is 1.83. The third kappa shape index (κ3) is 2.97. The summed E-state index contributed by atoms with van der Waals surface area (Å²) in [7, 11) is 2.01. The zero-order chi connectivity index (χ0) is 16.4. The molecule has 0 spiro atoms. The smallest absolute Gasteiger partial charge is 0.251 e. The predicted octanol–water partition coefficient (Wildman–Crippen LogP) is 3.63. The van der Waals surface area contributed by atoms with Crippen LogP contribution in [0.4, 0.5) is 0 Å². The van der Waals surface area contributed by atoms with E-state index in [0.29, 0.717) is 5.56 Å². The fourth-order valence-electron chi connectivity index (χ4n) is 2.81. The summed E-state index contributed by atoms with van der Waals surface area (Å²) in [6, 6.07) is 15.6. The van der Waals surface area contributed by atoms with Crippen LogP contribution >= 0.6 is 0 Å². The second kappa shape index (κ2) is 6.24. The monoisotopic (exact) mass is 307 g/mol. The minimum Gasteiger partial charge on any atom is -0.346 e. The minimum atomic E-state index is -0.0769. The van der Waals surface area contributed by atoms with Crippen LogP contribution in [0.15, 0.2) is 48.5 Å². The highest BCUT2D eigenvalue weighted by Crippen LogP contribution is 2.18. The number of nitrogens with one attached hydrogen (secondary N) is 1. The average Bonchev–Trinajstić information content (AvgIpc) is 2.91. The van der Waals surface area contributed by atoms with Crippen molar-refractivity contribution in [1.82, 2.24) is 14.9 Å². The first-order chi connectivity index (χ1) is 11.1. The lowest BCUT2D eigenvalue weighted by atomic mass is 10.1. The highest BCUT2D eigenvalue weighted by molar-refractivity contribution is 5.97. The van der Waals surface area contributed by atoms with Crippen molar-refractivity contribution in [2.24, 2.45) is 7.05 Å². The zero-order valence-electron chi connectivity index (χ0n) is 13.7. The fraction of sp³-hybridized carbons (Fsp3) is 0.263. The van der Waals surface area contributed by atoms with E-state index in [1.165, 1.54) is 0 Å². The van der Waals surface area contributed by atoms with Crippen molar-refractivity contribution in [3.8, 4) is 0 Å². The zero-order valence-corrected chi connectivity index (χ0v) is 13.7. The van der Waals surface area contributed by atoms with Gasteiger partial charge in [0, 0.05) is 19.0 Å². The van der Waals surface area contributed by atoms with Crippen LogP contribution in [0.25, 0.3) is 11.0 Å². The van der Waals surface area contributed by atoms with Gasteiger partial charge in [0.1, 0.15) is 5.82 Å². The largest absolute Gasteiger partial charge is 0.346 e. The van der Waals surface area contributed by atoms with Gasteiger partial charge in [-0.1, -0.05) is 37.3 Å². The average molecular weight is 307 g/mol. The molecular weight excluding hydrogens is 286 g/mol. The number of fused-ring (bicyclic) bond motifs is 1. The van der Waals surface area contributed by atoms with E-state index in [2.05, 4.69) is 21.8 Å². The first kappa shape index (κ1) is 15.3. The number of benzene rings is 2. The number of hydrogen-bond acceptors (Lipinski definition) is 2. The first-order valence-corrected chi connectivity index (χ1v) is 7.91. The quantitative estimate of drug-likeness (QED) is 0.800. The second-order valence-corrected chi connectivity index (χ2v) is 5.75. The van der Waals surface area contributed by atoms with Crippen molar-refractivity contribution in [1.29, 1.82) is 0 Å². The SMILES string of the molecule is CCc1nc2cc(C(=O)N[C@H](C)c3ccccc3)ccc2n1C. The van der Waals surface area contributed by atoms with Crippen molar-refractivity contribution >= 4 is 16.9 Å². The van der Waals surface area contributed by atoms with Crippen LogP contribution in [-0.4, -0.2) is 15.5 Å². The van der Waals surface area contributed by atoms with Crippen LogP contribution in [0, 0.1) is 0 Å². The van der Waals surface area contributed by atoms with Gasteiger partial charge >= 0.3 is 0 Å². The number of nitrogens with zero attached hydrogens (tertiary/aromatic N) is 2. The molecule has 0 unspecified atom stereocenters. The standard InChI is InChI=1S/C19H21N3O/c1-4-18-21-16-12-15(10-11-17(16)22(18)3)19(23)20-13(2)14-8-6-5-7-9-14/h5-13H,4H2,1-3H3,(H,20,23)/t13-/m1/s1. The lowest BCUT2D eigenvalue weighted by molar-refractivity contribution is 0.0940.